The first-order valence-electron chi connectivity index (χ1n) is 9.25. The highest BCUT2D eigenvalue weighted by atomic mass is 16.5. The number of piperazine rings is 1. The van der Waals surface area contributed by atoms with Crippen LogP contribution in [0, 0.1) is 12.8 Å². The first-order chi connectivity index (χ1) is 11.7. The zero-order valence-corrected chi connectivity index (χ0v) is 15.1. The number of nitrogens with zero attached hydrogens (tertiary/aromatic N) is 2. The van der Waals surface area contributed by atoms with Crippen molar-refractivity contribution in [3.8, 4) is 5.75 Å². The molecule has 1 aromatic carbocycles. The van der Waals surface area contributed by atoms with Gasteiger partial charge >= 0.3 is 0 Å². The molecule has 2 fully saturated rings. The molecule has 0 spiro atoms. The molecule has 0 unspecified atom stereocenters. The Hall–Kier alpha value is -1.52. The van der Waals surface area contributed by atoms with Crippen molar-refractivity contribution in [1.29, 1.82) is 0 Å². The average Bonchev–Trinajstić information content (AvgIpc) is 3.23. The van der Waals surface area contributed by atoms with Crippen molar-refractivity contribution in [3.63, 3.8) is 0 Å². The van der Waals surface area contributed by atoms with Gasteiger partial charge in [-0.2, -0.15) is 0 Å². The summed E-state index contributed by atoms with van der Waals surface area (Å²) in [6, 6.07) is 4.95. The summed E-state index contributed by atoms with van der Waals surface area (Å²) in [6.07, 6.45) is 4.93. The fourth-order valence-corrected chi connectivity index (χ4v) is 4.12. The molecule has 1 saturated carbocycles. The lowest BCUT2D eigenvalue weighted by Gasteiger charge is -2.40. The van der Waals surface area contributed by atoms with Gasteiger partial charge in [-0.1, -0.05) is 0 Å². The third-order valence-electron chi connectivity index (χ3n) is 5.76. The van der Waals surface area contributed by atoms with Crippen molar-refractivity contribution >= 4 is 10.9 Å². The number of benzene rings is 1. The third-order valence-corrected chi connectivity index (χ3v) is 5.76. The molecule has 1 aromatic heterocycles. The Bertz CT molecular complexity index is 719. The van der Waals surface area contributed by atoms with Crippen LogP contribution < -0.4 is 4.74 Å². The quantitative estimate of drug-likeness (QED) is 0.913. The molecule has 0 amide bonds. The van der Waals surface area contributed by atoms with Crippen LogP contribution in [-0.2, 0) is 6.54 Å². The second kappa shape index (κ2) is 6.41. The monoisotopic (exact) mass is 327 g/mol. The third kappa shape index (κ3) is 3.05. The van der Waals surface area contributed by atoms with Crippen LogP contribution in [0.2, 0.25) is 0 Å². The molecule has 130 valence electrons. The SMILES string of the molecule is COc1cc(C)c2[nH]ccc2c1CN1CCN(CC2CC2)C[C@H]1C. The van der Waals surface area contributed by atoms with Crippen LogP contribution in [0.3, 0.4) is 0 Å². The van der Waals surface area contributed by atoms with Gasteiger partial charge in [-0.15, -0.1) is 0 Å². The molecule has 4 heteroatoms. The molecule has 4 nitrogen and oxygen atoms in total. The number of hydrogen-bond acceptors (Lipinski definition) is 3. The van der Waals surface area contributed by atoms with E-state index in [0.717, 1.165) is 24.8 Å². The van der Waals surface area contributed by atoms with Crippen LogP contribution in [0.15, 0.2) is 18.3 Å². The fraction of sp³-hybridized carbons (Fsp3) is 0.600. The maximum absolute atomic E-state index is 5.71. The number of aromatic amines is 1. The molecule has 2 aliphatic rings. The minimum atomic E-state index is 0.595. The van der Waals surface area contributed by atoms with Crippen LogP contribution in [0.5, 0.6) is 5.75 Å². The predicted molar refractivity (Wildman–Crippen MR) is 98.6 cm³/mol. The van der Waals surface area contributed by atoms with E-state index in [-0.39, 0.29) is 0 Å². The smallest absolute Gasteiger partial charge is 0.124 e. The summed E-state index contributed by atoms with van der Waals surface area (Å²) in [4.78, 5) is 8.66. The van der Waals surface area contributed by atoms with Crippen molar-refractivity contribution in [2.24, 2.45) is 5.92 Å². The van der Waals surface area contributed by atoms with E-state index in [9.17, 15) is 0 Å². The summed E-state index contributed by atoms with van der Waals surface area (Å²) in [5, 5.41) is 1.31. The van der Waals surface area contributed by atoms with Crippen LogP contribution in [0.1, 0.15) is 30.9 Å². The summed E-state index contributed by atoms with van der Waals surface area (Å²) < 4.78 is 5.71. The van der Waals surface area contributed by atoms with Gasteiger partial charge in [0.15, 0.2) is 0 Å². The number of H-pyrrole nitrogens is 1. The Morgan fingerprint density at radius 2 is 2.12 bits per heavy atom. The molecule has 1 aliphatic carbocycles. The summed E-state index contributed by atoms with van der Waals surface area (Å²) in [5.41, 5.74) is 3.81. The van der Waals surface area contributed by atoms with E-state index < -0.39 is 0 Å². The standard InChI is InChI=1S/C20H29N3O/c1-14-10-19(24-3)18(17-6-7-21-20(14)17)13-23-9-8-22(11-15(23)2)12-16-4-5-16/h6-7,10,15-16,21H,4-5,8-9,11-13H2,1-3H3/t15-/m1/s1. The van der Waals surface area contributed by atoms with E-state index in [1.165, 1.54) is 54.5 Å². The number of hydrogen-bond donors (Lipinski definition) is 1. The normalized spacial score (nSPS) is 23.0. The van der Waals surface area contributed by atoms with E-state index in [2.05, 4.69) is 40.8 Å². The van der Waals surface area contributed by atoms with Crippen molar-refractivity contribution in [2.75, 3.05) is 33.3 Å². The second-order valence-corrected chi connectivity index (χ2v) is 7.66. The Labute approximate surface area is 144 Å². The minimum absolute atomic E-state index is 0.595. The van der Waals surface area contributed by atoms with E-state index in [1.807, 2.05) is 6.20 Å². The number of aromatic nitrogens is 1. The highest BCUT2D eigenvalue weighted by molar-refractivity contribution is 5.88. The number of aryl methyl sites for hydroxylation is 1. The Morgan fingerprint density at radius 1 is 1.29 bits per heavy atom. The van der Waals surface area contributed by atoms with E-state index in [1.54, 1.807) is 7.11 Å². The van der Waals surface area contributed by atoms with E-state index >= 15 is 0 Å². The van der Waals surface area contributed by atoms with Crippen LogP contribution in [0.4, 0.5) is 0 Å². The van der Waals surface area contributed by atoms with Gasteiger partial charge in [0.2, 0.25) is 0 Å². The predicted octanol–water partition coefficient (Wildman–Crippen LogP) is 3.40. The molecule has 1 saturated heterocycles. The van der Waals surface area contributed by atoms with Gasteiger partial charge in [0.05, 0.1) is 7.11 Å². The summed E-state index contributed by atoms with van der Waals surface area (Å²) in [6.45, 7) is 10.3. The molecule has 0 radical (unpaired) electrons. The van der Waals surface area contributed by atoms with Crippen LogP contribution in [0.25, 0.3) is 10.9 Å². The van der Waals surface area contributed by atoms with Gasteiger partial charge in [-0.05, 0) is 50.3 Å². The number of rotatable bonds is 5. The molecule has 4 rings (SSSR count). The van der Waals surface area contributed by atoms with Crippen molar-refractivity contribution in [2.45, 2.75) is 39.3 Å². The fourth-order valence-electron chi connectivity index (χ4n) is 4.12. The van der Waals surface area contributed by atoms with Crippen LogP contribution in [-0.4, -0.2) is 54.1 Å². The maximum atomic E-state index is 5.71. The van der Waals surface area contributed by atoms with Crippen molar-refractivity contribution in [3.05, 3.63) is 29.5 Å². The first-order valence-corrected chi connectivity index (χ1v) is 9.25. The Kier molecular flexibility index (Phi) is 4.27. The molecule has 2 heterocycles. The summed E-state index contributed by atoms with van der Waals surface area (Å²) in [5.74, 6) is 2.01. The van der Waals surface area contributed by atoms with Crippen LogP contribution >= 0.6 is 0 Å². The van der Waals surface area contributed by atoms with Gasteiger partial charge in [0.1, 0.15) is 5.75 Å². The molecule has 1 aliphatic heterocycles. The molecule has 24 heavy (non-hydrogen) atoms. The van der Waals surface area contributed by atoms with Gasteiger partial charge in [-0.25, -0.2) is 0 Å². The molecule has 1 N–H and O–H groups in total. The topological polar surface area (TPSA) is 31.5 Å². The minimum Gasteiger partial charge on any atom is -0.496 e. The molecular formula is C20H29N3O. The van der Waals surface area contributed by atoms with E-state index in [4.69, 9.17) is 4.74 Å². The first kappa shape index (κ1) is 16.0. The lowest BCUT2D eigenvalue weighted by molar-refractivity contribution is 0.0747. The molecule has 1 atom stereocenters. The maximum Gasteiger partial charge on any atom is 0.124 e. The molecule has 2 aromatic rings. The Morgan fingerprint density at radius 3 is 2.83 bits per heavy atom. The molecular weight excluding hydrogens is 298 g/mol. The summed E-state index contributed by atoms with van der Waals surface area (Å²) >= 11 is 0. The highest BCUT2D eigenvalue weighted by Crippen LogP contribution is 2.33. The number of nitrogens with one attached hydrogen (secondary N) is 1. The van der Waals surface area contributed by atoms with Gasteiger partial charge < -0.3 is 14.6 Å². The Balaban J connectivity index is 1.53. The zero-order chi connectivity index (χ0) is 16.7. The number of fused-ring (bicyclic) bond motifs is 1. The highest BCUT2D eigenvalue weighted by Gasteiger charge is 2.29. The van der Waals surface area contributed by atoms with E-state index in [0.29, 0.717) is 6.04 Å². The molecule has 0 bridgehead atoms. The number of methoxy groups -OCH3 is 1. The summed E-state index contributed by atoms with van der Waals surface area (Å²) in [7, 11) is 1.79. The second-order valence-electron chi connectivity index (χ2n) is 7.66. The average molecular weight is 327 g/mol. The zero-order valence-electron chi connectivity index (χ0n) is 15.1. The lowest BCUT2D eigenvalue weighted by Crippen LogP contribution is -2.51. The number of ether oxygens (including phenoxy) is 1. The largest absolute Gasteiger partial charge is 0.496 e. The van der Waals surface area contributed by atoms with Crippen molar-refractivity contribution < 1.29 is 4.74 Å². The van der Waals surface area contributed by atoms with Gasteiger partial charge in [0, 0.05) is 61.4 Å². The van der Waals surface area contributed by atoms with Gasteiger partial charge in [-0.3, -0.25) is 4.90 Å². The van der Waals surface area contributed by atoms with Gasteiger partial charge in [0.25, 0.3) is 0 Å². The van der Waals surface area contributed by atoms with Crippen molar-refractivity contribution in [1.82, 2.24) is 14.8 Å². The lowest BCUT2D eigenvalue weighted by atomic mass is 10.0.